The summed E-state index contributed by atoms with van der Waals surface area (Å²) in [4.78, 5) is 8.83. The van der Waals surface area contributed by atoms with Crippen molar-refractivity contribution in [3.63, 3.8) is 0 Å². The molecule has 0 fully saturated rings. The molecule has 96 valence electrons. The maximum atomic E-state index is 6.03. The minimum absolute atomic E-state index is 0.466. The molecule has 0 aliphatic heterocycles. The number of nitrogens with two attached hydrogens (primary N) is 1. The number of imidazole rings is 1. The molecule has 0 radical (unpaired) electrons. The van der Waals surface area contributed by atoms with Crippen LogP contribution >= 0.6 is 0 Å². The quantitative estimate of drug-likeness (QED) is 0.572. The smallest absolute Gasteiger partial charge is 0.152 e. The van der Waals surface area contributed by atoms with Gasteiger partial charge in [0.25, 0.3) is 0 Å². The van der Waals surface area contributed by atoms with Crippen molar-refractivity contribution < 1.29 is 0 Å². The molecule has 2 aromatic heterocycles. The van der Waals surface area contributed by atoms with Gasteiger partial charge in [-0.05, 0) is 18.2 Å². The fourth-order valence-corrected chi connectivity index (χ4v) is 2.53. The minimum atomic E-state index is 0.466. The molecule has 20 heavy (non-hydrogen) atoms. The van der Waals surface area contributed by atoms with Gasteiger partial charge < -0.3 is 5.73 Å². The highest BCUT2D eigenvalue weighted by Crippen LogP contribution is 2.28. The maximum Gasteiger partial charge on any atom is 0.152 e. The van der Waals surface area contributed by atoms with E-state index < -0.39 is 0 Å². The van der Waals surface area contributed by atoms with Crippen molar-refractivity contribution in [2.45, 2.75) is 0 Å². The first-order chi connectivity index (χ1) is 9.84. The lowest BCUT2D eigenvalue weighted by molar-refractivity contribution is 1.10. The number of pyridine rings is 1. The fourth-order valence-electron chi connectivity index (χ4n) is 2.53. The van der Waals surface area contributed by atoms with E-state index in [1.807, 2.05) is 54.6 Å². The molecule has 0 bridgehead atoms. The van der Waals surface area contributed by atoms with Crippen molar-refractivity contribution in [1.82, 2.24) is 14.5 Å². The third kappa shape index (κ3) is 1.48. The average Bonchev–Trinajstić information content (AvgIpc) is 2.94. The van der Waals surface area contributed by atoms with E-state index in [0.29, 0.717) is 5.82 Å². The van der Waals surface area contributed by atoms with E-state index >= 15 is 0 Å². The summed E-state index contributed by atoms with van der Waals surface area (Å²) in [5, 5.41) is 1.05. The number of para-hydroxylation sites is 2. The Balaban J connectivity index is 2.19. The Hall–Kier alpha value is -2.88. The highest BCUT2D eigenvalue weighted by Gasteiger charge is 2.12. The molecule has 4 nitrogen and oxygen atoms in total. The first-order valence-corrected chi connectivity index (χ1v) is 6.41. The standard InChI is InChI=1S/C16H12N4/c17-16-14-15(12-8-4-5-9-13(12)19-16)20(10-18-14)11-6-2-1-3-7-11/h1-10H,(H2,17,19). The van der Waals surface area contributed by atoms with Crippen molar-refractivity contribution >= 4 is 27.8 Å². The predicted octanol–water partition coefficient (Wildman–Crippen LogP) is 3.16. The topological polar surface area (TPSA) is 56.7 Å². The number of nitrogen functional groups attached to an aromatic ring is 1. The summed E-state index contributed by atoms with van der Waals surface area (Å²) in [5.74, 6) is 0.466. The molecule has 0 spiro atoms. The van der Waals surface area contributed by atoms with E-state index in [2.05, 4.69) is 14.5 Å². The summed E-state index contributed by atoms with van der Waals surface area (Å²) >= 11 is 0. The molecule has 4 aromatic rings. The van der Waals surface area contributed by atoms with Crippen LogP contribution in [-0.4, -0.2) is 14.5 Å². The molecular weight excluding hydrogens is 248 g/mol. The van der Waals surface area contributed by atoms with Crippen molar-refractivity contribution in [3.05, 3.63) is 60.9 Å². The molecule has 0 saturated heterocycles. The second-order valence-corrected chi connectivity index (χ2v) is 4.66. The summed E-state index contributed by atoms with van der Waals surface area (Å²) < 4.78 is 2.05. The van der Waals surface area contributed by atoms with Gasteiger partial charge >= 0.3 is 0 Å². The van der Waals surface area contributed by atoms with Crippen LogP contribution in [-0.2, 0) is 0 Å². The van der Waals surface area contributed by atoms with Crippen LogP contribution in [0.15, 0.2) is 60.9 Å². The van der Waals surface area contributed by atoms with Crippen molar-refractivity contribution in [2.75, 3.05) is 5.73 Å². The van der Waals surface area contributed by atoms with E-state index in [4.69, 9.17) is 5.73 Å². The van der Waals surface area contributed by atoms with Gasteiger partial charge in [0.2, 0.25) is 0 Å². The zero-order valence-electron chi connectivity index (χ0n) is 10.7. The summed E-state index contributed by atoms with van der Waals surface area (Å²) in [6, 6.07) is 18.1. The summed E-state index contributed by atoms with van der Waals surface area (Å²) in [5.41, 5.74) is 9.71. The molecule has 0 atom stereocenters. The van der Waals surface area contributed by atoms with Crippen LogP contribution in [0.1, 0.15) is 0 Å². The molecule has 2 heterocycles. The molecular formula is C16H12N4. The molecule has 2 aromatic carbocycles. The second kappa shape index (κ2) is 4.06. The number of benzene rings is 2. The number of hydrogen-bond acceptors (Lipinski definition) is 3. The monoisotopic (exact) mass is 260 g/mol. The number of aromatic nitrogens is 3. The molecule has 0 amide bonds. The highest BCUT2D eigenvalue weighted by atomic mass is 15.1. The largest absolute Gasteiger partial charge is 0.382 e. The number of rotatable bonds is 1. The SMILES string of the molecule is Nc1nc2ccccc2c2c1ncn2-c1ccccc1. The van der Waals surface area contributed by atoms with Crippen LogP contribution in [0.2, 0.25) is 0 Å². The van der Waals surface area contributed by atoms with Gasteiger partial charge in [0.15, 0.2) is 5.82 Å². The Morgan fingerprint density at radius 3 is 2.50 bits per heavy atom. The van der Waals surface area contributed by atoms with Gasteiger partial charge in [0.05, 0.1) is 11.0 Å². The molecule has 0 saturated carbocycles. The van der Waals surface area contributed by atoms with Crippen molar-refractivity contribution in [3.8, 4) is 5.69 Å². The number of fused-ring (bicyclic) bond motifs is 3. The molecule has 4 rings (SSSR count). The normalized spacial score (nSPS) is 11.2. The average molecular weight is 260 g/mol. The Morgan fingerprint density at radius 1 is 0.900 bits per heavy atom. The third-order valence-corrected chi connectivity index (χ3v) is 3.44. The lowest BCUT2D eigenvalue weighted by Crippen LogP contribution is -1.96. The fraction of sp³-hybridized carbons (Fsp3) is 0. The zero-order chi connectivity index (χ0) is 13.5. The summed E-state index contributed by atoms with van der Waals surface area (Å²) in [6.07, 6.45) is 1.80. The van der Waals surface area contributed by atoms with Crippen molar-refractivity contribution in [1.29, 1.82) is 0 Å². The molecule has 0 aliphatic rings. The Bertz CT molecular complexity index is 910. The van der Waals surface area contributed by atoms with Gasteiger partial charge in [-0.2, -0.15) is 0 Å². The van der Waals surface area contributed by atoms with E-state index in [1.54, 1.807) is 6.33 Å². The number of nitrogens with zero attached hydrogens (tertiary/aromatic N) is 3. The Kier molecular flexibility index (Phi) is 2.23. The van der Waals surface area contributed by atoms with Crippen LogP contribution in [0.25, 0.3) is 27.6 Å². The summed E-state index contributed by atoms with van der Waals surface area (Å²) in [6.45, 7) is 0. The van der Waals surface area contributed by atoms with E-state index in [1.165, 1.54) is 0 Å². The van der Waals surface area contributed by atoms with Crippen LogP contribution < -0.4 is 5.73 Å². The van der Waals surface area contributed by atoms with E-state index in [0.717, 1.165) is 27.6 Å². The van der Waals surface area contributed by atoms with Crippen LogP contribution in [0.5, 0.6) is 0 Å². The Morgan fingerprint density at radius 2 is 1.65 bits per heavy atom. The van der Waals surface area contributed by atoms with E-state index in [-0.39, 0.29) is 0 Å². The maximum absolute atomic E-state index is 6.03. The first kappa shape index (κ1) is 11.0. The molecule has 0 aliphatic carbocycles. The minimum Gasteiger partial charge on any atom is -0.382 e. The van der Waals surface area contributed by atoms with Crippen LogP contribution in [0.3, 0.4) is 0 Å². The number of anilines is 1. The van der Waals surface area contributed by atoms with Gasteiger partial charge in [-0.3, -0.25) is 4.57 Å². The van der Waals surface area contributed by atoms with Crippen LogP contribution in [0, 0.1) is 0 Å². The third-order valence-electron chi connectivity index (χ3n) is 3.44. The zero-order valence-corrected chi connectivity index (χ0v) is 10.7. The van der Waals surface area contributed by atoms with Gasteiger partial charge in [-0.1, -0.05) is 36.4 Å². The second-order valence-electron chi connectivity index (χ2n) is 4.66. The lowest BCUT2D eigenvalue weighted by Gasteiger charge is -2.07. The lowest BCUT2D eigenvalue weighted by atomic mass is 10.2. The Labute approximate surface area is 115 Å². The van der Waals surface area contributed by atoms with Crippen molar-refractivity contribution in [2.24, 2.45) is 0 Å². The molecule has 0 unspecified atom stereocenters. The molecule has 4 heteroatoms. The first-order valence-electron chi connectivity index (χ1n) is 6.41. The van der Waals surface area contributed by atoms with E-state index in [9.17, 15) is 0 Å². The predicted molar refractivity (Wildman–Crippen MR) is 80.8 cm³/mol. The molecule has 2 N–H and O–H groups in total. The van der Waals surface area contributed by atoms with Gasteiger partial charge in [-0.25, -0.2) is 9.97 Å². The van der Waals surface area contributed by atoms with Gasteiger partial charge in [0, 0.05) is 11.1 Å². The van der Waals surface area contributed by atoms with Gasteiger partial charge in [-0.15, -0.1) is 0 Å². The summed E-state index contributed by atoms with van der Waals surface area (Å²) in [7, 11) is 0. The highest BCUT2D eigenvalue weighted by molar-refractivity contribution is 6.06. The van der Waals surface area contributed by atoms with Gasteiger partial charge in [0.1, 0.15) is 11.8 Å². The number of hydrogen-bond donors (Lipinski definition) is 1. The van der Waals surface area contributed by atoms with Crippen LogP contribution in [0.4, 0.5) is 5.82 Å².